The fourth-order valence-electron chi connectivity index (χ4n) is 3.45. The van der Waals surface area contributed by atoms with Crippen molar-refractivity contribution in [1.82, 2.24) is 20.7 Å². The minimum absolute atomic E-state index is 0.0586. The molecule has 0 fully saturated rings. The maximum Gasteiger partial charge on any atom is 0.250 e. The number of allylic oxidation sites excluding steroid dienone is 1. The minimum Gasteiger partial charge on any atom is -0.398 e. The molecule has 0 saturated carbocycles. The summed E-state index contributed by atoms with van der Waals surface area (Å²) in [5.74, 6) is -0.556. The summed E-state index contributed by atoms with van der Waals surface area (Å²) in [5, 5.41) is 4.69. The van der Waals surface area contributed by atoms with Gasteiger partial charge in [-0.1, -0.05) is 35.9 Å². The van der Waals surface area contributed by atoms with Crippen molar-refractivity contribution in [3.8, 4) is 0 Å². The predicted molar refractivity (Wildman–Crippen MR) is 131 cm³/mol. The van der Waals surface area contributed by atoms with E-state index >= 15 is 0 Å². The highest BCUT2D eigenvalue weighted by Gasteiger charge is 2.18. The van der Waals surface area contributed by atoms with E-state index < -0.39 is 5.82 Å². The molecule has 1 aliphatic rings. The zero-order chi connectivity index (χ0) is 24.8. The molecule has 2 aromatic rings. The first-order valence-electron chi connectivity index (χ1n) is 11.1. The number of likely N-dealkylation sites (N-methyl/N-ethyl adjacent to an activating group) is 1. The van der Waals surface area contributed by atoms with Crippen molar-refractivity contribution < 1.29 is 14.0 Å². The average molecular weight is 466 g/mol. The number of nitrogens with two attached hydrogens (primary N) is 1. The van der Waals surface area contributed by atoms with E-state index in [2.05, 4.69) is 10.7 Å². The number of hydrogen-bond acceptors (Lipinski definition) is 5. The summed E-state index contributed by atoms with van der Waals surface area (Å²) in [6.07, 6.45) is 2.15. The lowest BCUT2D eigenvalue weighted by molar-refractivity contribution is -0.128. The first-order chi connectivity index (χ1) is 16.1. The summed E-state index contributed by atoms with van der Waals surface area (Å²) in [6, 6.07) is 12.6. The topological polar surface area (TPSA) is 90.7 Å². The van der Waals surface area contributed by atoms with Gasteiger partial charge in [0.15, 0.2) is 0 Å². The zero-order valence-corrected chi connectivity index (χ0v) is 20.1. The number of amides is 2. The van der Waals surface area contributed by atoms with Crippen LogP contribution >= 0.6 is 0 Å². The van der Waals surface area contributed by atoms with Crippen molar-refractivity contribution in [2.45, 2.75) is 33.4 Å². The molecule has 0 spiro atoms. The summed E-state index contributed by atoms with van der Waals surface area (Å²) in [5.41, 5.74) is 14.0. The number of rotatable bonds is 8. The first-order valence-corrected chi connectivity index (χ1v) is 11.1. The van der Waals surface area contributed by atoms with Gasteiger partial charge < -0.3 is 21.0 Å². The van der Waals surface area contributed by atoms with Gasteiger partial charge in [-0.3, -0.25) is 9.59 Å². The number of hydrazine groups is 1. The Morgan fingerprint density at radius 2 is 1.74 bits per heavy atom. The predicted octanol–water partition coefficient (Wildman–Crippen LogP) is 2.69. The highest BCUT2D eigenvalue weighted by molar-refractivity contribution is 5.94. The van der Waals surface area contributed by atoms with Crippen molar-refractivity contribution >= 4 is 17.5 Å². The molecule has 1 heterocycles. The summed E-state index contributed by atoms with van der Waals surface area (Å²) in [4.78, 5) is 26.0. The van der Waals surface area contributed by atoms with Gasteiger partial charge in [-0.15, -0.1) is 0 Å². The quantitative estimate of drug-likeness (QED) is 0.558. The molecule has 2 amide bonds. The van der Waals surface area contributed by atoms with E-state index in [0.717, 1.165) is 16.7 Å². The number of nitrogens with one attached hydrogen (secondary N) is 2. The van der Waals surface area contributed by atoms with Crippen LogP contribution in [0.1, 0.15) is 36.1 Å². The van der Waals surface area contributed by atoms with E-state index in [1.165, 1.54) is 6.07 Å². The van der Waals surface area contributed by atoms with Crippen molar-refractivity contribution in [3.63, 3.8) is 0 Å². The molecule has 34 heavy (non-hydrogen) atoms. The molecule has 1 aliphatic heterocycles. The van der Waals surface area contributed by atoms with Gasteiger partial charge in [0.05, 0.1) is 13.0 Å². The van der Waals surface area contributed by atoms with E-state index in [-0.39, 0.29) is 18.4 Å². The van der Waals surface area contributed by atoms with Crippen molar-refractivity contribution in [2.24, 2.45) is 5.73 Å². The maximum absolute atomic E-state index is 14.4. The summed E-state index contributed by atoms with van der Waals surface area (Å²) in [7, 11) is 3.48. The number of benzene rings is 2. The molecule has 3 rings (SSSR count). The molecule has 0 aromatic heterocycles. The van der Waals surface area contributed by atoms with Crippen LogP contribution in [-0.4, -0.2) is 42.4 Å². The highest BCUT2D eigenvalue weighted by atomic mass is 19.1. The van der Waals surface area contributed by atoms with Gasteiger partial charge in [-0.05, 0) is 42.7 Å². The number of nitrogens with zero attached hydrogens (tertiary/aromatic N) is 2. The Bertz CT molecular complexity index is 1120. The fraction of sp³-hybridized carbons (Fsp3) is 0.308. The smallest absolute Gasteiger partial charge is 0.250 e. The van der Waals surface area contributed by atoms with Crippen LogP contribution < -0.4 is 16.5 Å². The lowest BCUT2D eigenvalue weighted by Gasteiger charge is -2.16. The van der Waals surface area contributed by atoms with E-state index in [1.54, 1.807) is 37.3 Å². The summed E-state index contributed by atoms with van der Waals surface area (Å²) < 4.78 is 14.4. The summed E-state index contributed by atoms with van der Waals surface area (Å²) >= 11 is 0. The molecular formula is C26H32FN5O2. The van der Waals surface area contributed by atoms with Gasteiger partial charge in [-0.2, -0.15) is 0 Å². The lowest BCUT2D eigenvalue weighted by Crippen LogP contribution is -2.30. The number of halogens is 1. The Labute approximate surface area is 200 Å². The Morgan fingerprint density at radius 1 is 1.09 bits per heavy atom. The van der Waals surface area contributed by atoms with Gasteiger partial charge in [0.2, 0.25) is 11.8 Å². The van der Waals surface area contributed by atoms with Crippen LogP contribution in [0, 0.1) is 5.82 Å². The van der Waals surface area contributed by atoms with Crippen LogP contribution in [0.25, 0.3) is 5.70 Å². The molecule has 0 atom stereocenters. The van der Waals surface area contributed by atoms with Crippen molar-refractivity contribution in [2.75, 3.05) is 20.6 Å². The molecule has 2 aromatic carbocycles. The molecule has 0 bridgehead atoms. The van der Waals surface area contributed by atoms with E-state index in [1.807, 2.05) is 43.1 Å². The molecule has 180 valence electrons. The van der Waals surface area contributed by atoms with E-state index in [9.17, 15) is 14.0 Å². The Morgan fingerprint density at radius 3 is 2.35 bits per heavy atom. The second kappa shape index (κ2) is 11.0. The third-order valence-electron chi connectivity index (χ3n) is 5.62. The maximum atomic E-state index is 14.4. The van der Waals surface area contributed by atoms with Gasteiger partial charge in [0, 0.05) is 50.2 Å². The molecular weight excluding hydrogens is 433 g/mol. The van der Waals surface area contributed by atoms with Crippen LogP contribution in [-0.2, 0) is 29.1 Å². The average Bonchev–Trinajstić information content (AvgIpc) is 3.26. The van der Waals surface area contributed by atoms with E-state index in [4.69, 9.17) is 5.73 Å². The Kier molecular flexibility index (Phi) is 8.07. The Hall–Kier alpha value is -3.65. The van der Waals surface area contributed by atoms with Gasteiger partial charge in [0.25, 0.3) is 0 Å². The normalized spacial score (nSPS) is 12.9. The van der Waals surface area contributed by atoms with Crippen LogP contribution in [0.3, 0.4) is 0 Å². The van der Waals surface area contributed by atoms with Crippen LogP contribution in [0.2, 0.25) is 0 Å². The van der Waals surface area contributed by atoms with Crippen LogP contribution in [0.4, 0.5) is 4.39 Å². The van der Waals surface area contributed by atoms with E-state index in [0.29, 0.717) is 41.9 Å². The van der Waals surface area contributed by atoms with Gasteiger partial charge >= 0.3 is 0 Å². The number of carbonyl (C=O) groups excluding carboxylic acids is 2. The molecule has 8 heteroatoms. The molecule has 0 radical (unpaired) electrons. The monoisotopic (exact) mass is 465 g/mol. The number of hydrogen-bond donors (Lipinski definition) is 3. The largest absolute Gasteiger partial charge is 0.398 e. The fourth-order valence-corrected chi connectivity index (χ4v) is 3.45. The standard InChI is InChI=1S/C26H32FN5O2/c1-17(2)25(28)22-10-9-20(11-23(22)27)13-29-26(34)21-14-30-32(16-21)15-19-7-5-18(6-8-19)12-24(33)31(3)4/h5-11,16,30H,12-15,28H2,1-4H3,(H,29,34). The molecule has 0 unspecified atom stereocenters. The molecule has 0 aliphatic carbocycles. The number of carbonyl (C=O) groups is 2. The van der Waals surface area contributed by atoms with Gasteiger partial charge in [0.1, 0.15) is 5.82 Å². The second-order valence-electron chi connectivity index (χ2n) is 8.81. The Balaban J connectivity index is 1.53. The third kappa shape index (κ3) is 6.45. The molecule has 4 N–H and O–H groups in total. The lowest BCUT2D eigenvalue weighted by atomic mass is 10.1. The first kappa shape index (κ1) is 25.0. The molecule has 7 nitrogen and oxygen atoms in total. The zero-order valence-electron chi connectivity index (χ0n) is 20.1. The van der Waals surface area contributed by atoms with Crippen molar-refractivity contribution in [3.05, 3.63) is 87.9 Å². The molecule has 0 saturated heterocycles. The van der Waals surface area contributed by atoms with Crippen LogP contribution in [0.15, 0.2) is 59.8 Å². The highest BCUT2D eigenvalue weighted by Crippen LogP contribution is 2.19. The SMILES string of the molecule is CC(C)=C(N)c1ccc(CNC(=O)C2=CN(Cc3ccc(CC(=O)N(C)C)cc3)NC2)cc1F. The second-order valence-corrected chi connectivity index (χ2v) is 8.81. The summed E-state index contributed by atoms with van der Waals surface area (Å²) in [6.45, 7) is 4.87. The van der Waals surface area contributed by atoms with Crippen LogP contribution in [0.5, 0.6) is 0 Å². The van der Waals surface area contributed by atoms with Gasteiger partial charge in [-0.25, -0.2) is 9.82 Å². The third-order valence-corrected chi connectivity index (χ3v) is 5.62. The minimum atomic E-state index is -0.407. The van der Waals surface area contributed by atoms with Crippen molar-refractivity contribution in [1.29, 1.82) is 0 Å².